The minimum Gasteiger partial charge on any atom is -0.462 e. The molecule has 2 aromatic carbocycles. The predicted octanol–water partition coefficient (Wildman–Crippen LogP) is 4.27. The zero-order valence-electron chi connectivity index (χ0n) is 20.4. The first-order valence-electron chi connectivity index (χ1n) is 11.8. The van der Waals surface area contributed by atoms with Crippen molar-refractivity contribution in [1.82, 2.24) is 19.8 Å². The molecule has 1 atom stereocenters. The van der Waals surface area contributed by atoms with Gasteiger partial charge in [0.15, 0.2) is 5.82 Å². The lowest BCUT2D eigenvalue weighted by Gasteiger charge is -2.40. The number of carbonyl (C=O) groups excluding carboxylic acids is 3. The minimum atomic E-state index is -0.637. The van der Waals surface area contributed by atoms with Gasteiger partial charge in [-0.2, -0.15) is 0 Å². The third kappa shape index (κ3) is 5.23. The van der Waals surface area contributed by atoms with E-state index in [0.717, 1.165) is 5.56 Å². The number of piperazine rings is 1. The quantitative estimate of drug-likeness (QED) is 0.480. The van der Waals surface area contributed by atoms with Gasteiger partial charge in [0, 0.05) is 41.8 Å². The highest BCUT2D eigenvalue weighted by Gasteiger charge is 2.34. The van der Waals surface area contributed by atoms with E-state index >= 15 is 0 Å². The first kappa shape index (κ1) is 25.3. The van der Waals surface area contributed by atoms with Crippen LogP contribution >= 0.6 is 11.6 Å². The molecule has 4 rings (SSSR count). The fraction of sp³-hybridized carbons (Fsp3) is 0.296. The van der Waals surface area contributed by atoms with E-state index in [0.29, 0.717) is 41.7 Å². The monoisotopic (exact) mass is 506 g/mol. The van der Waals surface area contributed by atoms with Gasteiger partial charge in [0.2, 0.25) is 0 Å². The predicted molar refractivity (Wildman–Crippen MR) is 136 cm³/mol. The van der Waals surface area contributed by atoms with Crippen LogP contribution in [0.2, 0.25) is 5.02 Å². The molecule has 0 radical (unpaired) electrons. The van der Waals surface area contributed by atoms with E-state index in [1.807, 2.05) is 37.3 Å². The van der Waals surface area contributed by atoms with Crippen molar-refractivity contribution in [2.24, 2.45) is 0 Å². The van der Waals surface area contributed by atoms with E-state index < -0.39 is 11.9 Å². The Morgan fingerprint density at radius 3 is 2.33 bits per heavy atom. The standard InChI is InChI=1S/C27H27ClN4O4/c1-4-36-27(35)22-18(3)29-24(19-8-6-5-7-9-19)30-23(22)26(34)31-14-15-32(17(2)16-31)25(33)20-10-12-21(28)13-11-20/h5-13,17H,4,14-16H2,1-3H3. The van der Waals surface area contributed by atoms with Crippen LogP contribution in [0.15, 0.2) is 54.6 Å². The van der Waals surface area contributed by atoms with Gasteiger partial charge < -0.3 is 14.5 Å². The smallest absolute Gasteiger partial charge is 0.342 e. The SMILES string of the molecule is CCOC(=O)c1c(C)nc(-c2ccccc2)nc1C(=O)N1CCN(C(=O)c2ccc(Cl)cc2)C(C)C1. The summed E-state index contributed by atoms with van der Waals surface area (Å²) in [5, 5.41) is 0.558. The number of aryl methyl sites for hydroxylation is 1. The number of halogens is 1. The summed E-state index contributed by atoms with van der Waals surface area (Å²) >= 11 is 5.95. The molecule has 2 amide bonds. The van der Waals surface area contributed by atoms with Crippen LogP contribution in [-0.2, 0) is 4.74 Å². The highest BCUT2D eigenvalue weighted by atomic mass is 35.5. The van der Waals surface area contributed by atoms with Crippen LogP contribution in [0.3, 0.4) is 0 Å². The zero-order valence-corrected chi connectivity index (χ0v) is 21.2. The number of esters is 1. The fourth-order valence-electron chi connectivity index (χ4n) is 4.24. The molecule has 3 aromatic rings. The minimum absolute atomic E-state index is 0.00415. The van der Waals surface area contributed by atoms with Crippen molar-refractivity contribution in [2.75, 3.05) is 26.2 Å². The van der Waals surface area contributed by atoms with E-state index in [9.17, 15) is 14.4 Å². The molecule has 0 N–H and O–H groups in total. The van der Waals surface area contributed by atoms with E-state index in [1.54, 1.807) is 47.9 Å². The Balaban J connectivity index is 1.62. The Morgan fingerprint density at radius 1 is 1.00 bits per heavy atom. The molecule has 2 heterocycles. The van der Waals surface area contributed by atoms with Gasteiger partial charge in [-0.25, -0.2) is 14.8 Å². The molecule has 1 unspecified atom stereocenters. The topological polar surface area (TPSA) is 92.7 Å². The number of aromatic nitrogens is 2. The number of hydrogen-bond acceptors (Lipinski definition) is 6. The Hall–Kier alpha value is -3.78. The highest BCUT2D eigenvalue weighted by molar-refractivity contribution is 6.30. The molecule has 36 heavy (non-hydrogen) atoms. The number of benzene rings is 2. The van der Waals surface area contributed by atoms with Crippen molar-refractivity contribution < 1.29 is 19.1 Å². The maximum Gasteiger partial charge on any atom is 0.342 e. The molecule has 9 heteroatoms. The Kier molecular flexibility index (Phi) is 7.64. The highest BCUT2D eigenvalue weighted by Crippen LogP contribution is 2.23. The molecule has 1 aliphatic rings. The lowest BCUT2D eigenvalue weighted by molar-refractivity contribution is 0.0406. The normalized spacial score (nSPS) is 15.5. The first-order chi connectivity index (χ1) is 17.3. The summed E-state index contributed by atoms with van der Waals surface area (Å²) < 4.78 is 5.21. The second kappa shape index (κ2) is 10.9. The van der Waals surface area contributed by atoms with E-state index in [2.05, 4.69) is 9.97 Å². The Morgan fingerprint density at radius 2 is 1.69 bits per heavy atom. The van der Waals surface area contributed by atoms with Gasteiger partial charge >= 0.3 is 5.97 Å². The van der Waals surface area contributed by atoms with Crippen LogP contribution < -0.4 is 0 Å². The summed E-state index contributed by atoms with van der Waals surface area (Å²) in [5.41, 5.74) is 1.71. The molecular formula is C27H27ClN4O4. The Bertz CT molecular complexity index is 1280. The summed E-state index contributed by atoms with van der Waals surface area (Å²) in [5.74, 6) is -0.800. The molecule has 1 aromatic heterocycles. The maximum absolute atomic E-state index is 13.7. The van der Waals surface area contributed by atoms with Crippen molar-refractivity contribution in [2.45, 2.75) is 26.8 Å². The average Bonchev–Trinajstić information content (AvgIpc) is 2.88. The third-order valence-corrected chi connectivity index (χ3v) is 6.32. The molecule has 1 saturated heterocycles. The van der Waals surface area contributed by atoms with Gasteiger partial charge in [0.05, 0.1) is 12.3 Å². The maximum atomic E-state index is 13.7. The Labute approximate surface area is 214 Å². The molecule has 0 aliphatic carbocycles. The summed E-state index contributed by atoms with van der Waals surface area (Å²) in [6, 6.07) is 15.8. The number of amides is 2. The van der Waals surface area contributed by atoms with Gasteiger partial charge in [0.1, 0.15) is 11.3 Å². The average molecular weight is 507 g/mol. The number of ether oxygens (including phenoxy) is 1. The molecule has 0 saturated carbocycles. The molecule has 0 spiro atoms. The number of rotatable bonds is 5. The van der Waals surface area contributed by atoms with Gasteiger partial charge in [-0.1, -0.05) is 41.9 Å². The van der Waals surface area contributed by atoms with Crippen LogP contribution in [0, 0.1) is 6.92 Å². The zero-order chi connectivity index (χ0) is 25.8. The van der Waals surface area contributed by atoms with Crippen LogP contribution in [-0.4, -0.2) is 69.8 Å². The van der Waals surface area contributed by atoms with Crippen LogP contribution in [0.25, 0.3) is 11.4 Å². The third-order valence-electron chi connectivity index (χ3n) is 6.07. The van der Waals surface area contributed by atoms with Crippen molar-refractivity contribution in [3.63, 3.8) is 0 Å². The van der Waals surface area contributed by atoms with Crippen LogP contribution in [0.5, 0.6) is 0 Å². The van der Waals surface area contributed by atoms with Gasteiger partial charge in [-0.05, 0) is 45.0 Å². The lowest BCUT2D eigenvalue weighted by atomic mass is 10.1. The number of hydrogen-bond donors (Lipinski definition) is 0. The van der Waals surface area contributed by atoms with E-state index in [4.69, 9.17) is 16.3 Å². The molecule has 8 nitrogen and oxygen atoms in total. The van der Waals surface area contributed by atoms with E-state index in [1.165, 1.54) is 0 Å². The summed E-state index contributed by atoms with van der Waals surface area (Å²) in [7, 11) is 0. The fourth-order valence-corrected chi connectivity index (χ4v) is 4.37. The van der Waals surface area contributed by atoms with E-state index in [-0.39, 0.29) is 29.8 Å². The van der Waals surface area contributed by atoms with Crippen molar-refractivity contribution in [3.8, 4) is 11.4 Å². The van der Waals surface area contributed by atoms with Crippen molar-refractivity contribution in [1.29, 1.82) is 0 Å². The van der Waals surface area contributed by atoms with Crippen LogP contribution in [0.4, 0.5) is 0 Å². The molecular weight excluding hydrogens is 480 g/mol. The molecule has 1 fully saturated rings. The second-order valence-electron chi connectivity index (χ2n) is 8.55. The molecule has 0 bridgehead atoms. The summed E-state index contributed by atoms with van der Waals surface area (Å²) in [4.78, 5) is 51.9. The number of nitrogens with zero attached hydrogens (tertiary/aromatic N) is 4. The second-order valence-corrected chi connectivity index (χ2v) is 8.98. The first-order valence-corrected chi connectivity index (χ1v) is 12.1. The van der Waals surface area contributed by atoms with Gasteiger partial charge in [-0.15, -0.1) is 0 Å². The molecule has 1 aliphatic heterocycles. The van der Waals surface area contributed by atoms with Crippen LogP contribution in [0.1, 0.15) is 50.7 Å². The summed E-state index contributed by atoms with van der Waals surface area (Å²) in [6.07, 6.45) is 0. The van der Waals surface area contributed by atoms with Gasteiger partial charge in [-0.3, -0.25) is 9.59 Å². The lowest BCUT2D eigenvalue weighted by Crippen LogP contribution is -2.55. The largest absolute Gasteiger partial charge is 0.462 e. The number of carbonyl (C=O) groups is 3. The van der Waals surface area contributed by atoms with Gasteiger partial charge in [0.25, 0.3) is 11.8 Å². The molecule has 186 valence electrons. The summed E-state index contributed by atoms with van der Waals surface area (Å²) in [6.45, 7) is 6.36. The van der Waals surface area contributed by atoms with Crippen molar-refractivity contribution >= 4 is 29.4 Å². The van der Waals surface area contributed by atoms with Crippen molar-refractivity contribution in [3.05, 3.63) is 82.1 Å².